The maximum absolute atomic E-state index is 13.0. The number of halogens is 1. The van der Waals surface area contributed by atoms with Crippen LogP contribution in [0.3, 0.4) is 0 Å². The second-order valence-electron chi connectivity index (χ2n) is 7.07. The lowest BCUT2D eigenvalue weighted by molar-refractivity contribution is 0.384. The van der Waals surface area contributed by atoms with Crippen LogP contribution in [-0.4, -0.2) is 38.9 Å². The van der Waals surface area contributed by atoms with E-state index in [2.05, 4.69) is 18.7 Å². The van der Waals surface area contributed by atoms with Crippen LogP contribution < -0.4 is 4.90 Å². The molecule has 0 spiro atoms. The Morgan fingerprint density at radius 2 is 1.67 bits per heavy atom. The smallest absolute Gasteiger partial charge is 0.243 e. The van der Waals surface area contributed by atoms with Crippen molar-refractivity contribution in [1.82, 2.24) is 4.31 Å². The fourth-order valence-corrected chi connectivity index (χ4v) is 5.04. The maximum Gasteiger partial charge on any atom is 0.243 e. The molecule has 1 saturated heterocycles. The third-order valence-corrected chi connectivity index (χ3v) is 7.28. The van der Waals surface area contributed by atoms with Gasteiger partial charge in [0.25, 0.3) is 0 Å². The third-order valence-electron chi connectivity index (χ3n) is 5.13. The number of hydrogen-bond acceptors (Lipinski definition) is 3. The van der Waals surface area contributed by atoms with Crippen molar-refractivity contribution in [3.63, 3.8) is 0 Å². The van der Waals surface area contributed by atoms with Crippen molar-refractivity contribution >= 4 is 27.3 Å². The number of hydrogen-bond donors (Lipinski definition) is 0. The number of nitrogens with zero attached hydrogens (tertiary/aromatic N) is 2. The summed E-state index contributed by atoms with van der Waals surface area (Å²) >= 11 is 6.13. The minimum Gasteiger partial charge on any atom is -0.369 e. The van der Waals surface area contributed by atoms with Crippen molar-refractivity contribution in [3.8, 4) is 0 Å². The highest BCUT2D eigenvalue weighted by atomic mass is 35.5. The van der Waals surface area contributed by atoms with Gasteiger partial charge in [-0.15, -0.1) is 0 Å². The highest BCUT2D eigenvalue weighted by Crippen LogP contribution is 2.27. The van der Waals surface area contributed by atoms with E-state index in [1.54, 1.807) is 16.4 Å². The van der Waals surface area contributed by atoms with E-state index in [1.807, 2.05) is 30.3 Å². The first kappa shape index (κ1) is 20.2. The van der Waals surface area contributed by atoms with Crippen LogP contribution >= 0.6 is 11.6 Å². The summed E-state index contributed by atoms with van der Waals surface area (Å²) < 4.78 is 27.5. The quantitative estimate of drug-likeness (QED) is 0.709. The molecule has 0 amide bonds. The summed E-state index contributed by atoms with van der Waals surface area (Å²) in [6.45, 7) is 6.49. The highest BCUT2D eigenvalue weighted by Gasteiger charge is 2.29. The van der Waals surface area contributed by atoms with E-state index in [0.29, 0.717) is 36.1 Å². The summed E-state index contributed by atoms with van der Waals surface area (Å²) in [6.07, 6.45) is 3.25. The Balaban J connectivity index is 1.68. The summed E-state index contributed by atoms with van der Waals surface area (Å²) in [5.41, 5.74) is 3.43. The highest BCUT2D eigenvalue weighted by molar-refractivity contribution is 7.89. The molecule has 0 saturated carbocycles. The molecule has 2 aromatic rings. The van der Waals surface area contributed by atoms with Crippen molar-refractivity contribution in [2.45, 2.75) is 38.0 Å². The zero-order valence-corrected chi connectivity index (χ0v) is 17.6. The molecule has 0 atom stereocenters. The zero-order valence-electron chi connectivity index (χ0n) is 16.0. The molecule has 2 aromatic carbocycles. The Kier molecular flexibility index (Phi) is 6.45. The predicted octanol–water partition coefficient (Wildman–Crippen LogP) is 4.50. The normalized spacial score (nSPS) is 15.9. The van der Waals surface area contributed by atoms with E-state index in [4.69, 9.17) is 11.6 Å². The van der Waals surface area contributed by atoms with Crippen molar-refractivity contribution in [3.05, 3.63) is 58.6 Å². The van der Waals surface area contributed by atoms with Gasteiger partial charge in [-0.05, 0) is 55.2 Å². The Labute approximate surface area is 167 Å². The second kappa shape index (κ2) is 8.63. The number of rotatable bonds is 6. The minimum absolute atomic E-state index is 0.384. The minimum atomic E-state index is -3.44. The van der Waals surface area contributed by atoms with Crippen LogP contribution in [0.5, 0.6) is 0 Å². The molecular weight excluding hydrogens is 380 g/mol. The van der Waals surface area contributed by atoms with Gasteiger partial charge in [0.1, 0.15) is 0 Å². The number of benzene rings is 2. The molecule has 0 unspecified atom stereocenters. The average molecular weight is 407 g/mol. The molecule has 0 radical (unpaired) electrons. The van der Waals surface area contributed by atoms with Gasteiger partial charge in [0.05, 0.1) is 4.90 Å². The van der Waals surface area contributed by atoms with E-state index in [0.717, 1.165) is 30.5 Å². The third kappa shape index (κ3) is 4.65. The van der Waals surface area contributed by atoms with Gasteiger partial charge in [0.15, 0.2) is 0 Å². The molecule has 6 heteroatoms. The molecule has 0 aliphatic carbocycles. The van der Waals surface area contributed by atoms with Crippen molar-refractivity contribution < 1.29 is 8.42 Å². The molecule has 1 heterocycles. The number of aryl methyl sites for hydroxylation is 2. The lowest BCUT2D eigenvalue weighted by Gasteiger charge is -2.36. The number of anilines is 1. The topological polar surface area (TPSA) is 40.6 Å². The van der Waals surface area contributed by atoms with Gasteiger partial charge in [0, 0.05) is 36.9 Å². The van der Waals surface area contributed by atoms with Gasteiger partial charge in [-0.25, -0.2) is 8.42 Å². The van der Waals surface area contributed by atoms with Crippen molar-refractivity contribution in [2.75, 3.05) is 31.1 Å². The van der Waals surface area contributed by atoms with Gasteiger partial charge >= 0.3 is 0 Å². The maximum atomic E-state index is 13.0. The number of sulfonamides is 1. The van der Waals surface area contributed by atoms with E-state index in [9.17, 15) is 8.42 Å². The lowest BCUT2D eigenvalue weighted by atomic mass is 10.1. The van der Waals surface area contributed by atoms with E-state index in [-0.39, 0.29) is 0 Å². The summed E-state index contributed by atoms with van der Waals surface area (Å²) in [7, 11) is -3.44. The van der Waals surface area contributed by atoms with Crippen LogP contribution in [0.4, 0.5) is 5.69 Å². The Morgan fingerprint density at radius 1 is 1.00 bits per heavy atom. The first-order valence-electron chi connectivity index (χ1n) is 9.52. The van der Waals surface area contributed by atoms with Crippen LogP contribution in [0.2, 0.25) is 5.02 Å². The summed E-state index contributed by atoms with van der Waals surface area (Å²) in [6, 6.07) is 13.2. The van der Waals surface area contributed by atoms with Crippen LogP contribution in [0.1, 0.15) is 30.9 Å². The Hall–Kier alpha value is -1.56. The molecule has 146 valence electrons. The van der Waals surface area contributed by atoms with Crippen molar-refractivity contribution in [1.29, 1.82) is 0 Å². The van der Waals surface area contributed by atoms with Crippen LogP contribution in [0.15, 0.2) is 47.4 Å². The first-order chi connectivity index (χ1) is 12.9. The van der Waals surface area contributed by atoms with Crippen LogP contribution in [0.25, 0.3) is 0 Å². The first-order valence-corrected chi connectivity index (χ1v) is 11.3. The predicted molar refractivity (Wildman–Crippen MR) is 112 cm³/mol. The standard InChI is InChI=1S/C21H27ClN2O2S/c1-3-4-5-18-7-10-20(11-8-18)27(25,26)24-14-12-23(13-15-24)21-16-19(22)9-6-17(21)2/h6-11,16H,3-5,12-15H2,1-2H3. The second-order valence-corrected chi connectivity index (χ2v) is 9.44. The molecule has 0 N–H and O–H groups in total. The van der Waals surface area contributed by atoms with Gasteiger partial charge in [0.2, 0.25) is 10.0 Å². The lowest BCUT2D eigenvalue weighted by Crippen LogP contribution is -2.48. The van der Waals surface area contributed by atoms with E-state index in [1.165, 1.54) is 5.56 Å². The molecule has 1 fully saturated rings. The van der Waals surface area contributed by atoms with Crippen LogP contribution in [0, 0.1) is 6.92 Å². The number of unbranched alkanes of at least 4 members (excludes halogenated alkanes) is 1. The SMILES string of the molecule is CCCCc1ccc(S(=O)(=O)N2CCN(c3cc(Cl)ccc3C)CC2)cc1. The Bertz CT molecular complexity index is 874. The average Bonchev–Trinajstić information content (AvgIpc) is 2.68. The monoisotopic (exact) mass is 406 g/mol. The van der Waals surface area contributed by atoms with Crippen molar-refractivity contribution in [2.24, 2.45) is 0 Å². The van der Waals surface area contributed by atoms with Crippen LogP contribution in [-0.2, 0) is 16.4 Å². The summed E-state index contributed by atoms with van der Waals surface area (Å²) in [5.74, 6) is 0. The van der Waals surface area contributed by atoms with Gasteiger partial charge in [-0.2, -0.15) is 4.31 Å². The molecule has 0 aromatic heterocycles. The molecule has 27 heavy (non-hydrogen) atoms. The molecule has 4 nitrogen and oxygen atoms in total. The zero-order chi connectivity index (χ0) is 19.4. The van der Waals surface area contributed by atoms with Gasteiger partial charge < -0.3 is 4.90 Å². The molecular formula is C21H27ClN2O2S. The summed E-state index contributed by atoms with van der Waals surface area (Å²) in [4.78, 5) is 2.59. The largest absolute Gasteiger partial charge is 0.369 e. The Morgan fingerprint density at radius 3 is 2.30 bits per heavy atom. The molecule has 1 aliphatic rings. The van der Waals surface area contributed by atoms with Gasteiger partial charge in [-0.3, -0.25) is 0 Å². The number of piperazine rings is 1. The molecule has 1 aliphatic heterocycles. The summed E-state index contributed by atoms with van der Waals surface area (Å²) in [5, 5.41) is 0.703. The fraction of sp³-hybridized carbons (Fsp3) is 0.429. The fourth-order valence-electron chi connectivity index (χ4n) is 3.45. The van der Waals surface area contributed by atoms with E-state index >= 15 is 0 Å². The van der Waals surface area contributed by atoms with E-state index < -0.39 is 10.0 Å². The molecule has 3 rings (SSSR count). The molecule has 0 bridgehead atoms. The van der Waals surface area contributed by atoms with Gasteiger partial charge in [-0.1, -0.05) is 43.1 Å².